The highest BCUT2D eigenvalue weighted by Crippen LogP contribution is 2.15. The lowest BCUT2D eigenvalue weighted by Gasteiger charge is -2.00. The van der Waals surface area contributed by atoms with Crippen LogP contribution in [0.3, 0.4) is 0 Å². The van der Waals surface area contributed by atoms with E-state index in [-0.39, 0.29) is 0 Å². The van der Waals surface area contributed by atoms with Gasteiger partial charge < -0.3 is 5.73 Å². The third-order valence-corrected chi connectivity index (χ3v) is 2.29. The molecule has 0 atom stereocenters. The van der Waals surface area contributed by atoms with Crippen LogP contribution < -0.4 is 5.73 Å². The van der Waals surface area contributed by atoms with Gasteiger partial charge in [0.1, 0.15) is 0 Å². The van der Waals surface area contributed by atoms with Crippen molar-refractivity contribution in [3.05, 3.63) is 29.8 Å². The maximum atomic E-state index is 5.45. The number of benzene rings is 1. The van der Waals surface area contributed by atoms with Gasteiger partial charge in [0.15, 0.2) is 0 Å². The van der Waals surface area contributed by atoms with Crippen molar-refractivity contribution in [1.29, 1.82) is 0 Å². The van der Waals surface area contributed by atoms with E-state index in [1.807, 2.05) is 0 Å². The average Bonchev–Trinajstić information content (AvgIpc) is 2.06. The molecule has 0 spiro atoms. The summed E-state index contributed by atoms with van der Waals surface area (Å²) in [6, 6.07) is 8.51. The molecule has 1 rings (SSSR count). The van der Waals surface area contributed by atoms with Crippen molar-refractivity contribution >= 4 is 11.8 Å². The quantitative estimate of drug-likeness (QED) is 0.696. The molecule has 0 saturated heterocycles. The van der Waals surface area contributed by atoms with E-state index in [2.05, 4.69) is 30.5 Å². The Morgan fingerprint density at radius 2 is 2.27 bits per heavy atom. The third kappa shape index (κ3) is 2.56. The summed E-state index contributed by atoms with van der Waals surface area (Å²) in [4.78, 5) is 1.32. The van der Waals surface area contributed by atoms with Gasteiger partial charge in [0.05, 0.1) is 0 Å². The van der Waals surface area contributed by atoms with Gasteiger partial charge in [0.2, 0.25) is 0 Å². The molecule has 0 aromatic heterocycles. The number of thioether (sulfide) groups is 1. The molecule has 0 aliphatic heterocycles. The first-order chi connectivity index (χ1) is 5.36. The van der Waals surface area contributed by atoms with Crippen LogP contribution in [0.25, 0.3) is 0 Å². The van der Waals surface area contributed by atoms with Crippen molar-refractivity contribution in [3.63, 3.8) is 0 Å². The normalized spacial score (nSPS) is 10.0. The van der Waals surface area contributed by atoms with Crippen LogP contribution in [0.1, 0.15) is 5.56 Å². The van der Waals surface area contributed by atoms with Crippen LogP contribution in [0.2, 0.25) is 0 Å². The van der Waals surface area contributed by atoms with Crippen molar-refractivity contribution in [2.45, 2.75) is 11.3 Å². The Bertz CT molecular complexity index is 223. The number of nitrogens with two attached hydrogens (primary N) is 1. The Kier molecular flexibility index (Phi) is 3.46. The van der Waals surface area contributed by atoms with Crippen molar-refractivity contribution in [2.24, 2.45) is 5.73 Å². The molecule has 1 aromatic carbocycles. The maximum absolute atomic E-state index is 5.45. The van der Waals surface area contributed by atoms with E-state index in [9.17, 15) is 0 Å². The van der Waals surface area contributed by atoms with E-state index >= 15 is 0 Å². The van der Waals surface area contributed by atoms with Crippen LogP contribution in [0.15, 0.2) is 29.2 Å². The molecule has 11 heavy (non-hydrogen) atoms. The molecule has 0 amide bonds. The summed E-state index contributed by atoms with van der Waals surface area (Å²) in [7, 11) is 0. The maximum Gasteiger partial charge on any atom is 0.00718 e. The highest BCUT2D eigenvalue weighted by Gasteiger charge is 1.92. The molecule has 0 unspecified atom stereocenters. The van der Waals surface area contributed by atoms with Gasteiger partial charge >= 0.3 is 0 Å². The third-order valence-electron chi connectivity index (χ3n) is 1.57. The Hall–Kier alpha value is -0.470. The topological polar surface area (TPSA) is 26.0 Å². The summed E-state index contributed by atoms with van der Waals surface area (Å²) in [5, 5.41) is 0. The molecule has 0 aliphatic rings. The van der Waals surface area contributed by atoms with Crippen LogP contribution in [-0.4, -0.2) is 12.8 Å². The molecule has 0 radical (unpaired) electrons. The zero-order chi connectivity index (χ0) is 8.10. The van der Waals surface area contributed by atoms with E-state index in [0.29, 0.717) is 0 Å². The number of hydrogen-bond donors (Lipinski definition) is 1. The molecular weight excluding hydrogens is 154 g/mol. The van der Waals surface area contributed by atoms with Gasteiger partial charge in [-0.2, -0.15) is 0 Å². The van der Waals surface area contributed by atoms with Crippen molar-refractivity contribution in [1.82, 2.24) is 0 Å². The lowest BCUT2D eigenvalue weighted by molar-refractivity contribution is 0.964. The lowest BCUT2D eigenvalue weighted by atomic mass is 10.2. The molecule has 60 valence electrons. The zero-order valence-corrected chi connectivity index (χ0v) is 7.53. The van der Waals surface area contributed by atoms with Crippen LogP contribution in [-0.2, 0) is 6.42 Å². The molecule has 2 heteroatoms. The monoisotopic (exact) mass is 167 g/mol. The average molecular weight is 167 g/mol. The zero-order valence-electron chi connectivity index (χ0n) is 6.71. The minimum Gasteiger partial charge on any atom is -0.330 e. The first-order valence-electron chi connectivity index (χ1n) is 3.70. The van der Waals surface area contributed by atoms with Gasteiger partial charge in [-0.3, -0.25) is 0 Å². The molecule has 0 fully saturated rings. The van der Waals surface area contributed by atoms with E-state index in [1.54, 1.807) is 11.8 Å². The summed E-state index contributed by atoms with van der Waals surface area (Å²) in [5.41, 5.74) is 6.78. The molecular formula is C9H13NS. The number of rotatable bonds is 3. The molecule has 1 nitrogen and oxygen atoms in total. The highest BCUT2D eigenvalue weighted by atomic mass is 32.2. The van der Waals surface area contributed by atoms with Crippen LogP contribution >= 0.6 is 11.8 Å². The van der Waals surface area contributed by atoms with Crippen molar-refractivity contribution in [3.8, 4) is 0 Å². The lowest BCUT2D eigenvalue weighted by Crippen LogP contribution is -2.02. The standard InChI is InChI=1S/C9H13NS/c1-11-9-4-2-3-8(7-9)5-6-10/h2-4,7H,5-6,10H2,1H3. The number of hydrogen-bond acceptors (Lipinski definition) is 2. The van der Waals surface area contributed by atoms with E-state index in [4.69, 9.17) is 5.73 Å². The highest BCUT2D eigenvalue weighted by molar-refractivity contribution is 7.98. The molecule has 2 N–H and O–H groups in total. The fraction of sp³-hybridized carbons (Fsp3) is 0.333. The second-order valence-electron chi connectivity index (χ2n) is 2.39. The van der Waals surface area contributed by atoms with Crippen LogP contribution in [0.4, 0.5) is 0 Å². The molecule has 0 bridgehead atoms. The Morgan fingerprint density at radius 3 is 2.91 bits per heavy atom. The predicted molar refractivity (Wildman–Crippen MR) is 51.0 cm³/mol. The SMILES string of the molecule is CSc1cccc(CCN)c1. The second-order valence-corrected chi connectivity index (χ2v) is 3.27. The van der Waals surface area contributed by atoms with Gasteiger partial charge in [-0.05, 0) is 36.9 Å². The largest absolute Gasteiger partial charge is 0.330 e. The fourth-order valence-electron chi connectivity index (χ4n) is 0.995. The minimum absolute atomic E-state index is 0.734. The van der Waals surface area contributed by atoms with Crippen LogP contribution in [0, 0.1) is 0 Å². The van der Waals surface area contributed by atoms with E-state index in [1.165, 1.54) is 10.5 Å². The molecule has 1 aromatic rings. The van der Waals surface area contributed by atoms with Gasteiger partial charge in [-0.15, -0.1) is 11.8 Å². The Labute approximate surface area is 72.0 Å². The summed E-state index contributed by atoms with van der Waals surface area (Å²) >= 11 is 1.77. The first kappa shape index (κ1) is 8.62. The second kappa shape index (κ2) is 4.42. The van der Waals surface area contributed by atoms with E-state index < -0.39 is 0 Å². The summed E-state index contributed by atoms with van der Waals surface area (Å²) in [6.45, 7) is 0.734. The van der Waals surface area contributed by atoms with Crippen molar-refractivity contribution < 1.29 is 0 Å². The van der Waals surface area contributed by atoms with E-state index in [0.717, 1.165) is 13.0 Å². The molecule has 0 saturated carbocycles. The van der Waals surface area contributed by atoms with Crippen molar-refractivity contribution in [2.75, 3.05) is 12.8 Å². The van der Waals surface area contributed by atoms with Gasteiger partial charge in [-0.25, -0.2) is 0 Å². The summed E-state index contributed by atoms with van der Waals surface area (Å²) < 4.78 is 0. The van der Waals surface area contributed by atoms with Gasteiger partial charge in [-0.1, -0.05) is 12.1 Å². The Balaban J connectivity index is 2.74. The summed E-state index contributed by atoms with van der Waals surface area (Å²) in [6.07, 6.45) is 3.07. The minimum atomic E-state index is 0.734. The van der Waals surface area contributed by atoms with Gasteiger partial charge in [0.25, 0.3) is 0 Å². The summed E-state index contributed by atoms with van der Waals surface area (Å²) in [5.74, 6) is 0. The van der Waals surface area contributed by atoms with Gasteiger partial charge in [0, 0.05) is 4.90 Å². The molecule has 0 aliphatic carbocycles. The first-order valence-corrected chi connectivity index (χ1v) is 4.92. The molecule has 0 heterocycles. The smallest absolute Gasteiger partial charge is 0.00718 e. The predicted octanol–water partition coefficient (Wildman–Crippen LogP) is 1.91. The Morgan fingerprint density at radius 1 is 1.45 bits per heavy atom. The van der Waals surface area contributed by atoms with Crippen LogP contribution in [0.5, 0.6) is 0 Å². The fourth-order valence-corrected chi connectivity index (χ4v) is 1.48.